The number of aryl methyl sites for hydroxylation is 1. The zero-order valence-corrected chi connectivity index (χ0v) is 15.9. The van der Waals surface area contributed by atoms with Crippen molar-refractivity contribution in [2.75, 3.05) is 20.1 Å². The molecule has 1 amide bonds. The second-order valence-electron chi connectivity index (χ2n) is 5.91. The number of halogens is 1. The van der Waals surface area contributed by atoms with Crippen molar-refractivity contribution in [3.8, 4) is 0 Å². The topological polar surface area (TPSA) is 58.9 Å². The summed E-state index contributed by atoms with van der Waals surface area (Å²) in [6, 6.07) is 9.68. The van der Waals surface area contributed by atoms with Crippen LogP contribution in [0.2, 0.25) is 5.02 Å². The third-order valence-electron chi connectivity index (χ3n) is 3.97. The number of nitrogens with zero attached hydrogens (tertiary/aromatic N) is 2. The van der Waals surface area contributed by atoms with E-state index in [1.807, 2.05) is 49.0 Å². The van der Waals surface area contributed by atoms with Gasteiger partial charge in [-0.3, -0.25) is 9.48 Å². The van der Waals surface area contributed by atoms with Crippen molar-refractivity contribution in [3.05, 3.63) is 51.5 Å². The molecule has 0 aliphatic rings. The highest BCUT2D eigenvalue weighted by molar-refractivity contribution is 7.20. The summed E-state index contributed by atoms with van der Waals surface area (Å²) in [6.45, 7) is 4.19. The lowest BCUT2D eigenvalue weighted by molar-refractivity contribution is 0.0957. The van der Waals surface area contributed by atoms with Crippen LogP contribution in [-0.2, 0) is 6.54 Å². The maximum atomic E-state index is 12.3. The summed E-state index contributed by atoms with van der Waals surface area (Å²) in [5.41, 5.74) is 2.06. The minimum Gasteiger partial charge on any atom is -0.351 e. The number of rotatable bonds is 7. The van der Waals surface area contributed by atoms with E-state index in [1.165, 1.54) is 11.3 Å². The van der Waals surface area contributed by atoms with E-state index >= 15 is 0 Å². The number of carbonyl (C=O) groups excluding carboxylic acids is 1. The lowest BCUT2D eigenvalue weighted by Crippen LogP contribution is -2.25. The summed E-state index contributed by atoms with van der Waals surface area (Å²) >= 11 is 7.43. The molecule has 0 saturated carbocycles. The van der Waals surface area contributed by atoms with E-state index in [1.54, 1.807) is 0 Å². The van der Waals surface area contributed by atoms with Gasteiger partial charge in [-0.1, -0.05) is 23.7 Å². The molecule has 5 nitrogen and oxygen atoms in total. The maximum Gasteiger partial charge on any atom is 0.261 e. The first-order valence-electron chi connectivity index (χ1n) is 8.22. The Labute approximate surface area is 156 Å². The van der Waals surface area contributed by atoms with Gasteiger partial charge in [-0.15, -0.1) is 11.3 Å². The van der Waals surface area contributed by atoms with Crippen molar-refractivity contribution < 1.29 is 4.79 Å². The van der Waals surface area contributed by atoms with Crippen LogP contribution in [0.4, 0.5) is 0 Å². The molecule has 2 heterocycles. The number of aromatic nitrogens is 2. The van der Waals surface area contributed by atoms with Gasteiger partial charge in [0.1, 0.15) is 4.83 Å². The first kappa shape index (κ1) is 17.9. The molecule has 3 aromatic rings. The number of hydrogen-bond acceptors (Lipinski definition) is 4. The molecule has 0 radical (unpaired) electrons. The van der Waals surface area contributed by atoms with Gasteiger partial charge in [0.05, 0.1) is 17.1 Å². The maximum absolute atomic E-state index is 12.3. The molecule has 3 rings (SSSR count). The number of fused-ring (bicyclic) bond motifs is 1. The molecular formula is C18H21ClN4OS. The Morgan fingerprint density at radius 2 is 2.04 bits per heavy atom. The number of amides is 1. The van der Waals surface area contributed by atoms with E-state index in [0.717, 1.165) is 44.3 Å². The molecule has 0 saturated heterocycles. The fourth-order valence-corrected chi connectivity index (χ4v) is 3.85. The quantitative estimate of drug-likeness (QED) is 0.621. The van der Waals surface area contributed by atoms with Crippen LogP contribution in [0.25, 0.3) is 10.2 Å². The van der Waals surface area contributed by atoms with Crippen molar-refractivity contribution in [2.45, 2.75) is 19.9 Å². The summed E-state index contributed by atoms with van der Waals surface area (Å²) < 4.78 is 1.95. The zero-order chi connectivity index (χ0) is 17.8. The lowest BCUT2D eigenvalue weighted by atomic mass is 10.2. The summed E-state index contributed by atoms with van der Waals surface area (Å²) in [4.78, 5) is 14.1. The molecule has 25 heavy (non-hydrogen) atoms. The predicted octanol–water partition coefficient (Wildman–Crippen LogP) is 3.45. The molecule has 0 bridgehead atoms. The smallest absolute Gasteiger partial charge is 0.261 e. The fraction of sp³-hybridized carbons (Fsp3) is 0.333. The lowest BCUT2D eigenvalue weighted by Gasteiger charge is -2.04. The number of nitrogens with one attached hydrogen (secondary N) is 2. The Bertz CT molecular complexity index is 869. The first-order valence-corrected chi connectivity index (χ1v) is 9.42. The Kier molecular flexibility index (Phi) is 5.73. The Balaban J connectivity index is 1.78. The third-order valence-corrected chi connectivity index (χ3v) is 5.37. The molecule has 0 aliphatic carbocycles. The van der Waals surface area contributed by atoms with Crippen LogP contribution < -0.4 is 10.6 Å². The highest BCUT2D eigenvalue weighted by Crippen LogP contribution is 2.29. The average Bonchev–Trinajstić information content (AvgIpc) is 3.15. The molecule has 0 fully saturated rings. The van der Waals surface area contributed by atoms with E-state index in [2.05, 4.69) is 15.7 Å². The van der Waals surface area contributed by atoms with E-state index in [4.69, 9.17) is 11.6 Å². The highest BCUT2D eigenvalue weighted by Gasteiger charge is 2.16. The van der Waals surface area contributed by atoms with E-state index < -0.39 is 0 Å². The van der Waals surface area contributed by atoms with Gasteiger partial charge in [0, 0.05) is 17.0 Å². The van der Waals surface area contributed by atoms with Crippen LogP contribution >= 0.6 is 22.9 Å². The Hall–Kier alpha value is -1.89. The minimum absolute atomic E-state index is 0.0188. The van der Waals surface area contributed by atoms with Gasteiger partial charge >= 0.3 is 0 Å². The summed E-state index contributed by atoms with van der Waals surface area (Å²) in [5.74, 6) is -0.0188. The van der Waals surface area contributed by atoms with E-state index in [-0.39, 0.29) is 5.91 Å². The molecule has 2 N–H and O–H groups in total. The second kappa shape index (κ2) is 7.99. The van der Waals surface area contributed by atoms with Crippen molar-refractivity contribution in [1.82, 2.24) is 20.4 Å². The molecule has 2 aromatic heterocycles. The van der Waals surface area contributed by atoms with Crippen LogP contribution in [0.3, 0.4) is 0 Å². The van der Waals surface area contributed by atoms with Gasteiger partial charge in [-0.2, -0.15) is 5.10 Å². The first-order chi connectivity index (χ1) is 12.1. The number of thiophene rings is 1. The molecular weight excluding hydrogens is 356 g/mol. The van der Waals surface area contributed by atoms with Crippen LogP contribution in [0, 0.1) is 6.92 Å². The number of carbonyl (C=O) groups is 1. The van der Waals surface area contributed by atoms with Gasteiger partial charge in [-0.25, -0.2) is 0 Å². The minimum atomic E-state index is -0.0188. The number of benzene rings is 1. The van der Waals surface area contributed by atoms with Gasteiger partial charge in [0.2, 0.25) is 0 Å². The van der Waals surface area contributed by atoms with Crippen LogP contribution in [-0.4, -0.2) is 35.8 Å². The standard InChI is InChI=1S/C18H21ClN4OS/c1-12-15-10-16(17(24)21-9-3-8-20-2)25-18(15)23(22-12)11-13-4-6-14(19)7-5-13/h4-7,10,20H,3,8-9,11H2,1-2H3,(H,21,24). The van der Waals surface area contributed by atoms with E-state index in [0.29, 0.717) is 13.1 Å². The largest absolute Gasteiger partial charge is 0.351 e. The van der Waals surface area contributed by atoms with Crippen LogP contribution in [0.15, 0.2) is 30.3 Å². The highest BCUT2D eigenvalue weighted by atomic mass is 35.5. The Morgan fingerprint density at radius 1 is 1.28 bits per heavy atom. The van der Waals surface area contributed by atoms with Gasteiger partial charge in [-0.05, 0) is 50.7 Å². The monoisotopic (exact) mass is 376 g/mol. The van der Waals surface area contributed by atoms with Crippen molar-refractivity contribution in [1.29, 1.82) is 0 Å². The third kappa shape index (κ3) is 4.21. The van der Waals surface area contributed by atoms with Crippen molar-refractivity contribution in [3.63, 3.8) is 0 Å². The zero-order valence-electron chi connectivity index (χ0n) is 14.3. The van der Waals surface area contributed by atoms with Crippen molar-refractivity contribution >= 4 is 39.1 Å². The summed E-state index contributed by atoms with van der Waals surface area (Å²) in [7, 11) is 1.91. The fourth-order valence-electron chi connectivity index (χ4n) is 2.65. The normalized spacial score (nSPS) is 11.2. The Morgan fingerprint density at radius 3 is 2.76 bits per heavy atom. The molecule has 132 valence electrons. The molecule has 1 aromatic carbocycles. The molecule has 0 aliphatic heterocycles. The van der Waals surface area contributed by atoms with Gasteiger partial charge in [0.25, 0.3) is 5.91 Å². The average molecular weight is 377 g/mol. The van der Waals surface area contributed by atoms with Crippen LogP contribution in [0.5, 0.6) is 0 Å². The van der Waals surface area contributed by atoms with Gasteiger partial charge in [0.15, 0.2) is 0 Å². The summed E-state index contributed by atoms with van der Waals surface area (Å²) in [5, 5.41) is 12.4. The molecule has 0 spiro atoms. The second-order valence-corrected chi connectivity index (χ2v) is 7.38. The van der Waals surface area contributed by atoms with E-state index in [9.17, 15) is 4.79 Å². The van der Waals surface area contributed by atoms with Gasteiger partial charge < -0.3 is 10.6 Å². The predicted molar refractivity (Wildman–Crippen MR) is 104 cm³/mol. The molecule has 7 heteroatoms. The SMILES string of the molecule is CNCCCNC(=O)c1cc2c(C)nn(Cc3ccc(Cl)cc3)c2s1. The van der Waals surface area contributed by atoms with Crippen LogP contribution in [0.1, 0.15) is 27.3 Å². The molecule has 0 unspecified atom stereocenters. The van der Waals surface area contributed by atoms with Crippen molar-refractivity contribution in [2.24, 2.45) is 0 Å². The summed E-state index contributed by atoms with van der Waals surface area (Å²) in [6.07, 6.45) is 0.913. The molecule has 0 atom stereocenters. The number of hydrogen-bond donors (Lipinski definition) is 2.